The summed E-state index contributed by atoms with van der Waals surface area (Å²) in [7, 11) is 3.48. The Kier molecular flexibility index (Phi) is 4.77. The highest BCUT2D eigenvalue weighted by molar-refractivity contribution is 5.92. The van der Waals surface area contributed by atoms with Gasteiger partial charge in [0.15, 0.2) is 0 Å². The van der Waals surface area contributed by atoms with E-state index in [1.165, 1.54) is 32.1 Å². The van der Waals surface area contributed by atoms with E-state index in [0.717, 1.165) is 18.2 Å². The lowest BCUT2D eigenvalue weighted by Crippen LogP contribution is -2.22. The molecule has 2 rings (SSSR count). The van der Waals surface area contributed by atoms with E-state index in [4.69, 9.17) is 0 Å². The first-order chi connectivity index (χ1) is 9.16. The van der Waals surface area contributed by atoms with Crippen molar-refractivity contribution in [2.75, 3.05) is 26.0 Å². The van der Waals surface area contributed by atoms with Crippen LogP contribution in [0.2, 0.25) is 0 Å². The second-order valence-electron chi connectivity index (χ2n) is 5.50. The van der Waals surface area contributed by atoms with Gasteiger partial charge in [-0.1, -0.05) is 25.7 Å². The molecule has 0 bridgehead atoms. The van der Waals surface area contributed by atoms with Crippen molar-refractivity contribution in [3.05, 3.63) is 24.0 Å². The smallest absolute Gasteiger partial charge is 0.272 e. The lowest BCUT2D eigenvalue weighted by Gasteiger charge is -2.13. The van der Waals surface area contributed by atoms with Gasteiger partial charge in [-0.2, -0.15) is 0 Å². The van der Waals surface area contributed by atoms with Crippen LogP contribution in [0.25, 0.3) is 0 Å². The van der Waals surface area contributed by atoms with Crippen molar-refractivity contribution >= 4 is 11.6 Å². The third kappa shape index (κ3) is 3.94. The third-order valence-electron chi connectivity index (χ3n) is 3.74. The van der Waals surface area contributed by atoms with Crippen molar-refractivity contribution < 1.29 is 4.79 Å². The number of hydrogen-bond acceptors (Lipinski definition) is 3. The molecule has 1 fully saturated rings. The number of nitrogens with zero attached hydrogens (tertiary/aromatic N) is 2. The molecule has 4 heteroatoms. The molecule has 1 saturated carbocycles. The predicted molar refractivity (Wildman–Crippen MR) is 77.3 cm³/mol. The molecule has 0 unspecified atom stereocenters. The minimum Gasteiger partial charge on any atom is -0.385 e. The van der Waals surface area contributed by atoms with Crippen LogP contribution in [-0.2, 0) is 0 Å². The summed E-state index contributed by atoms with van der Waals surface area (Å²) in [5, 5.41) is 3.39. The number of nitrogens with one attached hydrogen (secondary N) is 1. The minimum absolute atomic E-state index is 0.0561. The van der Waals surface area contributed by atoms with E-state index in [0.29, 0.717) is 5.69 Å². The summed E-state index contributed by atoms with van der Waals surface area (Å²) in [6, 6.07) is 3.75. The van der Waals surface area contributed by atoms with E-state index in [2.05, 4.69) is 10.3 Å². The fraction of sp³-hybridized carbons (Fsp3) is 0.600. The normalized spacial score (nSPS) is 15.5. The maximum absolute atomic E-state index is 11.8. The Morgan fingerprint density at radius 2 is 2.16 bits per heavy atom. The van der Waals surface area contributed by atoms with Crippen LogP contribution in [-0.4, -0.2) is 36.4 Å². The highest BCUT2D eigenvalue weighted by Crippen LogP contribution is 2.27. The van der Waals surface area contributed by atoms with Crippen LogP contribution >= 0.6 is 0 Å². The van der Waals surface area contributed by atoms with Crippen molar-refractivity contribution in [1.82, 2.24) is 9.88 Å². The summed E-state index contributed by atoms with van der Waals surface area (Å²) in [4.78, 5) is 17.5. The first kappa shape index (κ1) is 13.8. The van der Waals surface area contributed by atoms with Crippen LogP contribution < -0.4 is 5.32 Å². The van der Waals surface area contributed by atoms with Gasteiger partial charge in [-0.15, -0.1) is 0 Å². The van der Waals surface area contributed by atoms with Gasteiger partial charge in [-0.25, -0.2) is 0 Å². The molecular weight excluding hydrogens is 238 g/mol. The molecule has 0 aromatic carbocycles. The molecule has 0 spiro atoms. The van der Waals surface area contributed by atoms with Crippen molar-refractivity contribution in [3.8, 4) is 0 Å². The number of amides is 1. The second-order valence-corrected chi connectivity index (χ2v) is 5.50. The average molecular weight is 261 g/mol. The van der Waals surface area contributed by atoms with Gasteiger partial charge in [-0.05, 0) is 24.5 Å². The van der Waals surface area contributed by atoms with Crippen LogP contribution in [0, 0.1) is 5.92 Å². The molecule has 0 atom stereocenters. The summed E-state index contributed by atoms with van der Waals surface area (Å²) in [6.07, 6.45) is 8.45. The molecule has 0 radical (unpaired) electrons. The quantitative estimate of drug-likeness (QED) is 0.886. The molecule has 1 aliphatic rings. The van der Waals surface area contributed by atoms with Crippen LogP contribution in [0.1, 0.15) is 42.6 Å². The molecule has 1 aliphatic carbocycles. The number of rotatable bonds is 5. The summed E-state index contributed by atoms with van der Waals surface area (Å²) in [5.41, 5.74) is 1.48. The van der Waals surface area contributed by atoms with Gasteiger partial charge in [0.05, 0.1) is 0 Å². The first-order valence-electron chi connectivity index (χ1n) is 7.08. The second kappa shape index (κ2) is 6.55. The Balaban J connectivity index is 1.86. The van der Waals surface area contributed by atoms with Crippen molar-refractivity contribution in [1.29, 1.82) is 0 Å². The third-order valence-corrected chi connectivity index (χ3v) is 3.74. The van der Waals surface area contributed by atoms with E-state index in [9.17, 15) is 4.79 Å². The van der Waals surface area contributed by atoms with Gasteiger partial charge < -0.3 is 10.2 Å². The molecule has 1 N–H and O–H groups in total. The van der Waals surface area contributed by atoms with Gasteiger partial charge in [0, 0.05) is 32.5 Å². The number of aromatic nitrogens is 1. The Morgan fingerprint density at radius 3 is 2.84 bits per heavy atom. The number of carbonyl (C=O) groups excluding carboxylic acids is 1. The molecule has 1 heterocycles. The maximum Gasteiger partial charge on any atom is 0.272 e. The summed E-state index contributed by atoms with van der Waals surface area (Å²) < 4.78 is 0. The fourth-order valence-electron chi connectivity index (χ4n) is 2.61. The fourth-order valence-corrected chi connectivity index (χ4v) is 2.61. The van der Waals surface area contributed by atoms with Crippen LogP contribution in [0.3, 0.4) is 0 Å². The van der Waals surface area contributed by atoms with Crippen molar-refractivity contribution in [3.63, 3.8) is 0 Å². The lowest BCUT2D eigenvalue weighted by atomic mass is 10.0. The summed E-state index contributed by atoms with van der Waals surface area (Å²) in [5.74, 6) is 0.830. The van der Waals surface area contributed by atoms with E-state index in [1.807, 2.05) is 12.1 Å². The predicted octanol–water partition coefficient (Wildman–Crippen LogP) is 2.78. The van der Waals surface area contributed by atoms with Gasteiger partial charge in [0.1, 0.15) is 5.69 Å². The van der Waals surface area contributed by atoms with Crippen LogP contribution in [0.5, 0.6) is 0 Å². The van der Waals surface area contributed by atoms with E-state index in [1.54, 1.807) is 25.2 Å². The minimum atomic E-state index is -0.0561. The zero-order valence-corrected chi connectivity index (χ0v) is 11.9. The number of anilines is 1. The SMILES string of the molecule is CN(C)C(=O)c1cc(NCCC2CCCC2)ccn1. The number of carbonyl (C=O) groups is 1. The molecule has 19 heavy (non-hydrogen) atoms. The van der Waals surface area contributed by atoms with E-state index < -0.39 is 0 Å². The molecule has 0 saturated heterocycles. The van der Waals surface area contributed by atoms with Gasteiger partial charge >= 0.3 is 0 Å². The zero-order valence-electron chi connectivity index (χ0n) is 11.9. The topological polar surface area (TPSA) is 45.2 Å². The van der Waals surface area contributed by atoms with Gasteiger partial charge in [0.25, 0.3) is 5.91 Å². The molecule has 0 aliphatic heterocycles. The number of pyridine rings is 1. The maximum atomic E-state index is 11.8. The molecule has 1 aromatic heterocycles. The molecule has 4 nitrogen and oxygen atoms in total. The van der Waals surface area contributed by atoms with Crippen LogP contribution in [0.15, 0.2) is 18.3 Å². The zero-order chi connectivity index (χ0) is 13.7. The monoisotopic (exact) mass is 261 g/mol. The Bertz CT molecular complexity index is 425. The van der Waals surface area contributed by atoms with E-state index >= 15 is 0 Å². The Morgan fingerprint density at radius 1 is 1.42 bits per heavy atom. The van der Waals surface area contributed by atoms with Gasteiger partial charge in [-0.3, -0.25) is 9.78 Å². The van der Waals surface area contributed by atoms with Crippen molar-refractivity contribution in [2.45, 2.75) is 32.1 Å². The lowest BCUT2D eigenvalue weighted by molar-refractivity contribution is 0.0822. The van der Waals surface area contributed by atoms with Crippen LogP contribution in [0.4, 0.5) is 5.69 Å². The molecule has 1 amide bonds. The Hall–Kier alpha value is -1.58. The van der Waals surface area contributed by atoms with Crippen molar-refractivity contribution in [2.24, 2.45) is 5.92 Å². The van der Waals surface area contributed by atoms with Gasteiger partial charge in [0.2, 0.25) is 0 Å². The first-order valence-corrected chi connectivity index (χ1v) is 7.08. The largest absolute Gasteiger partial charge is 0.385 e. The van der Waals surface area contributed by atoms with E-state index in [-0.39, 0.29) is 5.91 Å². The molecule has 104 valence electrons. The standard InChI is InChI=1S/C15H23N3O/c1-18(2)15(19)14-11-13(8-10-17-14)16-9-7-12-5-3-4-6-12/h8,10-12H,3-7,9H2,1-2H3,(H,16,17). The highest BCUT2D eigenvalue weighted by atomic mass is 16.2. The molecular formula is C15H23N3O. The summed E-state index contributed by atoms with van der Waals surface area (Å²) in [6.45, 7) is 0.976. The highest BCUT2D eigenvalue weighted by Gasteiger charge is 2.14. The summed E-state index contributed by atoms with van der Waals surface area (Å²) >= 11 is 0. The Labute approximate surface area is 115 Å². The molecule has 1 aromatic rings. The average Bonchev–Trinajstić information content (AvgIpc) is 2.91. The number of hydrogen-bond donors (Lipinski definition) is 1.